The van der Waals surface area contributed by atoms with Crippen molar-refractivity contribution in [3.8, 4) is 0 Å². The number of nitrogens with one attached hydrogen (secondary N) is 2. The zero-order valence-electron chi connectivity index (χ0n) is 14.1. The Balaban J connectivity index is 1.86. The summed E-state index contributed by atoms with van der Waals surface area (Å²) in [6.07, 6.45) is 2.80. The smallest absolute Gasteiger partial charge is 0.319 e. The van der Waals surface area contributed by atoms with Crippen molar-refractivity contribution in [2.45, 2.75) is 38.6 Å². The fourth-order valence-corrected chi connectivity index (χ4v) is 3.04. The van der Waals surface area contributed by atoms with Crippen LogP contribution in [-0.2, 0) is 13.0 Å². The second-order valence-corrected chi connectivity index (χ2v) is 6.21. The Morgan fingerprint density at radius 1 is 1.35 bits per heavy atom. The number of amides is 2. The molecular weight excluding hydrogens is 308 g/mol. The number of rotatable bonds is 6. The molecule has 0 unspecified atom stereocenters. The van der Waals surface area contributed by atoms with E-state index in [0.717, 1.165) is 29.2 Å². The van der Waals surface area contributed by atoms with Crippen molar-refractivity contribution in [3.05, 3.63) is 41.2 Å². The molecule has 2 N–H and O–H groups in total. The predicted molar refractivity (Wildman–Crippen MR) is 96.3 cm³/mol. The Morgan fingerprint density at radius 2 is 2.13 bits per heavy atom. The van der Waals surface area contributed by atoms with Gasteiger partial charge in [0.05, 0.1) is 5.69 Å². The van der Waals surface area contributed by atoms with Gasteiger partial charge in [-0.15, -0.1) is 11.8 Å². The van der Waals surface area contributed by atoms with E-state index >= 15 is 0 Å². The molecule has 1 aromatic carbocycles. The molecule has 0 aliphatic heterocycles. The van der Waals surface area contributed by atoms with Crippen LogP contribution in [0.1, 0.15) is 23.9 Å². The van der Waals surface area contributed by atoms with Gasteiger partial charge in [0, 0.05) is 29.4 Å². The highest BCUT2D eigenvalue weighted by Crippen LogP contribution is 2.18. The van der Waals surface area contributed by atoms with Crippen LogP contribution in [0.4, 0.5) is 10.5 Å². The Kier molecular flexibility index (Phi) is 6.10. The van der Waals surface area contributed by atoms with Crippen molar-refractivity contribution in [2.24, 2.45) is 0 Å². The number of hydrogen-bond donors (Lipinski definition) is 2. The molecule has 6 heteroatoms. The van der Waals surface area contributed by atoms with Crippen LogP contribution in [0.3, 0.4) is 0 Å². The zero-order chi connectivity index (χ0) is 16.8. The molecule has 2 rings (SSSR count). The van der Waals surface area contributed by atoms with Crippen LogP contribution in [0.25, 0.3) is 0 Å². The molecule has 23 heavy (non-hydrogen) atoms. The molecule has 0 saturated carbocycles. The standard InChI is InChI=1S/C17H24N4OS/c1-5-21-13(3)16(12(2)20-21)9-10-18-17(22)19-14-7-6-8-15(11-14)23-4/h6-8,11H,5,9-10H2,1-4H3,(H2,18,19,22). The van der Waals surface area contributed by atoms with Gasteiger partial charge in [-0.25, -0.2) is 4.79 Å². The third kappa shape index (κ3) is 4.51. The number of carbonyl (C=O) groups is 1. The van der Waals surface area contributed by atoms with Gasteiger partial charge in [-0.1, -0.05) is 6.07 Å². The molecular formula is C17H24N4OS. The SMILES string of the molecule is CCn1nc(C)c(CCNC(=O)Nc2cccc(SC)c2)c1C. The minimum absolute atomic E-state index is 0.179. The van der Waals surface area contributed by atoms with E-state index in [1.54, 1.807) is 11.8 Å². The van der Waals surface area contributed by atoms with Crippen molar-refractivity contribution in [2.75, 3.05) is 18.1 Å². The molecule has 0 radical (unpaired) electrons. The summed E-state index contributed by atoms with van der Waals surface area (Å²) in [6, 6.07) is 7.63. The molecule has 0 aliphatic rings. The fourth-order valence-electron chi connectivity index (χ4n) is 2.58. The quantitative estimate of drug-likeness (QED) is 0.795. The Bertz CT molecular complexity index is 681. The predicted octanol–water partition coefficient (Wildman–Crippen LogP) is 3.61. The summed E-state index contributed by atoms with van der Waals surface area (Å²) in [5.41, 5.74) is 4.25. The first kappa shape index (κ1) is 17.4. The van der Waals surface area contributed by atoms with Gasteiger partial charge in [0.1, 0.15) is 0 Å². The number of nitrogens with zero attached hydrogens (tertiary/aromatic N) is 2. The van der Waals surface area contributed by atoms with Gasteiger partial charge in [-0.2, -0.15) is 5.10 Å². The van der Waals surface area contributed by atoms with E-state index < -0.39 is 0 Å². The van der Waals surface area contributed by atoms with Crippen LogP contribution < -0.4 is 10.6 Å². The lowest BCUT2D eigenvalue weighted by atomic mass is 10.1. The fraction of sp³-hybridized carbons (Fsp3) is 0.412. The molecule has 0 saturated heterocycles. The molecule has 0 fully saturated rings. The van der Waals surface area contributed by atoms with E-state index in [1.165, 1.54) is 11.3 Å². The van der Waals surface area contributed by atoms with Gasteiger partial charge < -0.3 is 10.6 Å². The van der Waals surface area contributed by atoms with E-state index in [4.69, 9.17) is 0 Å². The topological polar surface area (TPSA) is 59.0 Å². The van der Waals surface area contributed by atoms with Crippen molar-refractivity contribution < 1.29 is 4.79 Å². The van der Waals surface area contributed by atoms with Crippen molar-refractivity contribution in [1.82, 2.24) is 15.1 Å². The molecule has 0 aliphatic carbocycles. The van der Waals surface area contributed by atoms with Gasteiger partial charge in [-0.05, 0) is 57.2 Å². The Labute approximate surface area is 141 Å². The summed E-state index contributed by atoms with van der Waals surface area (Å²) in [5.74, 6) is 0. The molecule has 124 valence electrons. The number of anilines is 1. The van der Waals surface area contributed by atoms with Crippen molar-refractivity contribution in [1.29, 1.82) is 0 Å². The molecule has 2 amide bonds. The second-order valence-electron chi connectivity index (χ2n) is 5.33. The summed E-state index contributed by atoms with van der Waals surface area (Å²) in [4.78, 5) is 13.1. The minimum atomic E-state index is -0.179. The molecule has 0 spiro atoms. The monoisotopic (exact) mass is 332 g/mol. The maximum atomic E-state index is 12.0. The molecule has 2 aromatic rings. The molecule has 5 nitrogen and oxygen atoms in total. The number of thioether (sulfide) groups is 1. The van der Waals surface area contributed by atoms with E-state index in [2.05, 4.69) is 29.6 Å². The number of carbonyl (C=O) groups excluding carboxylic acids is 1. The van der Waals surface area contributed by atoms with Gasteiger partial charge in [0.25, 0.3) is 0 Å². The first-order valence-electron chi connectivity index (χ1n) is 7.77. The average molecular weight is 332 g/mol. The maximum Gasteiger partial charge on any atom is 0.319 e. The zero-order valence-corrected chi connectivity index (χ0v) is 15.0. The van der Waals surface area contributed by atoms with Crippen molar-refractivity contribution in [3.63, 3.8) is 0 Å². The van der Waals surface area contributed by atoms with E-state index in [9.17, 15) is 4.79 Å². The first-order valence-corrected chi connectivity index (χ1v) is 8.99. The lowest BCUT2D eigenvalue weighted by Gasteiger charge is -2.09. The number of benzene rings is 1. The number of urea groups is 1. The average Bonchev–Trinajstić information content (AvgIpc) is 2.82. The van der Waals surface area contributed by atoms with Gasteiger partial charge >= 0.3 is 6.03 Å². The highest BCUT2D eigenvalue weighted by molar-refractivity contribution is 7.98. The maximum absolute atomic E-state index is 12.0. The lowest BCUT2D eigenvalue weighted by Crippen LogP contribution is -2.30. The van der Waals surface area contributed by atoms with Crippen LogP contribution in [0.2, 0.25) is 0 Å². The van der Waals surface area contributed by atoms with Gasteiger partial charge in [0.15, 0.2) is 0 Å². The van der Waals surface area contributed by atoms with E-state index in [-0.39, 0.29) is 6.03 Å². The number of aryl methyl sites for hydroxylation is 2. The number of hydrogen-bond acceptors (Lipinski definition) is 3. The highest BCUT2D eigenvalue weighted by Gasteiger charge is 2.10. The van der Waals surface area contributed by atoms with Crippen LogP contribution in [0.15, 0.2) is 29.2 Å². The third-order valence-electron chi connectivity index (χ3n) is 3.82. The molecule has 0 atom stereocenters. The van der Waals surface area contributed by atoms with Crippen LogP contribution in [0.5, 0.6) is 0 Å². The van der Waals surface area contributed by atoms with Crippen LogP contribution in [0, 0.1) is 13.8 Å². The van der Waals surface area contributed by atoms with Gasteiger partial charge in [0.2, 0.25) is 0 Å². The molecule has 1 aromatic heterocycles. The third-order valence-corrected chi connectivity index (χ3v) is 4.54. The summed E-state index contributed by atoms with van der Waals surface area (Å²) < 4.78 is 2.00. The molecule has 0 bridgehead atoms. The Morgan fingerprint density at radius 3 is 2.78 bits per heavy atom. The minimum Gasteiger partial charge on any atom is -0.338 e. The van der Waals surface area contributed by atoms with Gasteiger partial charge in [-0.3, -0.25) is 4.68 Å². The largest absolute Gasteiger partial charge is 0.338 e. The van der Waals surface area contributed by atoms with E-state index in [1.807, 2.05) is 42.1 Å². The van der Waals surface area contributed by atoms with Crippen LogP contribution in [-0.4, -0.2) is 28.6 Å². The molecule has 1 heterocycles. The lowest BCUT2D eigenvalue weighted by molar-refractivity contribution is 0.252. The van der Waals surface area contributed by atoms with Crippen LogP contribution >= 0.6 is 11.8 Å². The summed E-state index contributed by atoms with van der Waals surface area (Å²) in [6.45, 7) is 7.63. The highest BCUT2D eigenvalue weighted by atomic mass is 32.2. The Hall–Kier alpha value is -1.95. The normalized spacial score (nSPS) is 10.6. The second kappa shape index (κ2) is 8.06. The first-order chi connectivity index (χ1) is 11.0. The number of aromatic nitrogens is 2. The van der Waals surface area contributed by atoms with Crippen molar-refractivity contribution >= 4 is 23.5 Å². The summed E-state index contributed by atoms with van der Waals surface area (Å²) in [7, 11) is 0. The van der Waals surface area contributed by atoms with E-state index in [0.29, 0.717) is 6.54 Å². The summed E-state index contributed by atoms with van der Waals surface area (Å²) in [5, 5.41) is 10.3. The summed E-state index contributed by atoms with van der Waals surface area (Å²) >= 11 is 1.65.